The molecule has 1 heterocycles. The van der Waals surface area contributed by atoms with Crippen molar-refractivity contribution in [1.82, 2.24) is 15.3 Å². The second kappa shape index (κ2) is 9.99. The lowest BCUT2D eigenvalue weighted by Crippen LogP contribution is -2.36. The molecule has 1 fully saturated rings. The first kappa shape index (κ1) is 23.4. The van der Waals surface area contributed by atoms with Crippen molar-refractivity contribution in [2.45, 2.75) is 37.7 Å². The quantitative estimate of drug-likeness (QED) is 0.502. The number of hydrogen-bond acceptors (Lipinski definition) is 5. The first-order chi connectivity index (χ1) is 15.9. The van der Waals surface area contributed by atoms with Crippen molar-refractivity contribution >= 4 is 0 Å². The Morgan fingerprint density at radius 1 is 0.970 bits per heavy atom. The van der Waals surface area contributed by atoms with E-state index in [0.29, 0.717) is 18.7 Å². The lowest BCUT2D eigenvalue weighted by atomic mass is 9.88. The van der Waals surface area contributed by atoms with Crippen molar-refractivity contribution in [3.8, 4) is 11.4 Å². The van der Waals surface area contributed by atoms with Gasteiger partial charge in [-0.05, 0) is 36.5 Å². The van der Waals surface area contributed by atoms with Crippen LogP contribution in [0.3, 0.4) is 0 Å². The van der Waals surface area contributed by atoms with E-state index < -0.39 is 23.8 Å². The van der Waals surface area contributed by atoms with Crippen molar-refractivity contribution in [2.24, 2.45) is 11.8 Å². The number of nitrogens with zero attached hydrogens (tertiary/aromatic N) is 2. The van der Waals surface area contributed by atoms with E-state index in [2.05, 4.69) is 15.3 Å². The fourth-order valence-electron chi connectivity index (χ4n) is 4.65. The van der Waals surface area contributed by atoms with E-state index >= 15 is 0 Å². The molecule has 174 valence electrons. The van der Waals surface area contributed by atoms with Gasteiger partial charge in [-0.15, -0.1) is 0 Å². The molecule has 1 aromatic heterocycles. The summed E-state index contributed by atoms with van der Waals surface area (Å²) in [4.78, 5) is 8.98. The number of benzene rings is 2. The van der Waals surface area contributed by atoms with E-state index in [1.807, 2.05) is 30.3 Å². The summed E-state index contributed by atoms with van der Waals surface area (Å²) in [5, 5.41) is 23.6. The van der Waals surface area contributed by atoms with Crippen LogP contribution in [0.5, 0.6) is 0 Å². The number of aliphatic hydroxyl groups excluding tert-OH is 2. The molecule has 0 saturated heterocycles. The highest BCUT2D eigenvalue weighted by molar-refractivity contribution is 5.54. The van der Waals surface area contributed by atoms with Gasteiger partial charge in [-0.1, -0.05) is 48.5 Å². The van der Waals surface area contributed by atoms with Gasteiger partial charge in [-0.2, -0.15) is 13.2 Å². The molecule has 0 amide bonds. The molecule has 8 heteroatoms. The molecule has 1 aliphatic carbocycles. The Bertz CT molecular complexity index is 1060. The van der Waals surface area contributed by atoms with Crippen molar-refractivity contribution in [3.05, 3.63) is 83.7 Å². The van der Waals surface area contributed by atoms with E-state index in [9.17, 15) is 23.4 Å². The topological polar surface area (TPSA) is 78.3 Å². The number of alkyl halides is 3. The Kier molecular flexibility index (Phi) is 7.07. The smallest absolute Gasteiger partial charge is 0.396 e. The molecule has 3 aromatic rings. The molecule has 1 aliphatic rings. The lowest BCUT2D eigenvalue weighted by Gasteiger charge is -2.25. The third-order valence-corrected chi connectivity index (χ3v) is 6.33. The van der Waals surface area contributed by atoms with Crippen LogP contribution in [0.4, 0.5) is 13.2 Å². The van der Waals surface area contributed by atoms with Crippen molar-refractivity contribution in [3.63, 3.8) is 0 Å². The van der Waals surface area contributed by atoms with Gasteiger partial charge in [0.25, 0.3) is 0 Å². The highest BCUT2D eigenvalue weighted by Gasteiger charge is 2.42. The Balaban J connectivity index is 1.53. The van der Waals surface area contributed by atoms with Crippen LogP contribution in [0, 0.1) is 11.8 Å². The summed E-state index contributed by atoms with van der Waals surface area (Å²) in [7, 11) is 0. The van der Waals surface area contributed by atoms with E-state index in [-0.39, 0.29) is 30.7 Å². The zero-order chi connectivity index (χ0) is 23.4. The van der Waals surface area contributed by atoms with Crippen LogP contribution >= 0.6 is 0 Å². The number of hydrogen-bond donors (Lipinski definition) is 3. The first-order valence-corrected chi connectivity index (χ1v) is 10.9. The number of rotatable bonds is 7. The summed E-state index contributed by atoms with van der Waals surface area (Å²) in [5.41, 5.74) is 1.11. The summed E-state index contributed by atoms with van der Waals surface area (Å²) in [6, 6.07) is 16.5. The van der Waals surface area contributed by atoms with Crippen LogP contribution in [0.15, 0.2) is 66.9 Å². The minimum atomic E-state index is -4.44. The Labute approximate surface area is 190 Å². The molecule has 0 aliphatic heterocycles. The zero-order valence-corrected chi connectivity index (χ0v) is 17.9. The van der Waals surface area contributed by atoms with Crippen molar-refractivity contribution in [1.29, 1.82) is 0 Å². The third-order valence-electron chi connectivity index (χ3n) is 6.33. The van der Waals surface area contributed by atoms with Gasteiger partial charge in [0, 0.05) is 42.6 Å². The largest absolute Gasteiger partial charge is 0.416 e. The average Bonchev–Trinajstić information content (AvgIpc) is 3.11. The molecule has 0 radical (unpaired) electrons. The van der Waals surface area contributed by atoms with E-state index in [4.69, 9.17) is 0 Å². The van der Waals surface area contributed by atoms with Crippen LogP contribution in [-0.2, 0) is 19.1 Å². The molecule has 33 heavy (non-hydrogen) atoms. The predicted octanol–water partition coefficient (Wildman–Crippen LogP) is 3.85. The SMILES string of the molecule is OCC1C(O)CC(NCc2ccccc2C(F)(F)F)C1Cc1ccnc(-c2ccccc2)n1. The summed E-state index contributed by atoms with van der Waals surface area (Å²) < 4.78 is 40.1. The zero-order valence-electron chi connectivity index (χ0n) is 17.9. The van der Waals surface area contributed by atoms with Gasteiger partial charge >= 0.3 is 6.18 Å². The summed E-state index contributed by atoms with van der Waals surface area (Å²) >= 11 is 0. The molecular weight excluding hydrogens is 431 g/mol. The Hall–Kier alpha value is -2.81. The molecule has 0 spiro atoms. The monoisotopic (exact) mass is 457 g/mol. The van der Waals surface area contributed by atoms with Crippen LogP contribution in [0.2, 0.25) is 0 Å². The number of aromatic nitrogens is 2. The number of aliphatic hydroxyl groups is 2. The number of halogens is 3. The molecule has 4 atom stereocenters. The second-order valence-corrected chi connectivity index (χ2v) is 8.40. The van der Waals surface area contributed by atoms with E-state index in [0.717, 1.165) is 17.3 Å². The molecular formula is C25H26F3N3O2. The van der Waals surface area contributed by atoms with Crippen LogP contribution in [0.25, 0.3) is 11.4 Å². The Morgan fingerprint density at radius 3 is 2.42 bits per heavy atom. The average molecular weight is 457 g/mol. The molecule has 3 N–H and O–H groups in total. The normalized spacial score (nSPS) is 23.1. The standard InChI is InChI=1S/C25H26F3N3O2/c26-25(27,28)21-9-5-4-8-17(21)14-30-22-13-23(33)20(15-32)19(22)12-18-10-11-29-24(31-18)16-6-2-1-3-7-16/h1-11,19-20,22-23,30,32-33H,12-15H2. The Morgan fingerprint density at radius 2 is 1.70 bits per heavy atom. The van der Waals surface area contributed by atoms with E-state index in [1.54, 1.807) is 18.3 Å². The van der Waals surface area contributed by atoms with Crippen molar-refractivity contribution in [2.75, 3.05) is 6.61 Å². The molecule has 0 bridgehead atoms. The maximum absolute atomic E-state index is 13.4. The second-order valence-electron chi connectivity index (χ2n) is 8.40. The third kappa shape index (κ3) is 5.40. The molecule has 5 nitrogen and oxygen atoms in total. The first-order valence-electron chi connectivity index (χ1n) is 10.9. The van der Waals surface area contributed by atoms with Crippen LogP contribution in [-0.4, -0.2) is 38.9 Å². The van der Waals surface area contributed by atoms with Crippen LogP contribution in [0.1, 0.15) is 23.2 Å². The molecule has 2 aromatic carbocycles. The van der Waals surface area contributed by atoms with E-state index in [1.165, 1.54) is 12.1 Å². The lowest BCUT2D eigenvalue weighted by molar-refractivity contribution is -0.138. The fourth-order valence-corrected chi connectivity index (χ4v) is 4.65. The van der Waals surface area contributed by atoms with Gasteiger partial charge in [0.05, 0.1) is 11.7 Å². The van der Waals surface area contributed by atoms with Gasteiger partial charge in [0.1, 0.15) is 0 Å². The highest BCUT2D eigenvalue weighted by atomic mass is 19.4. The highest BCUT2D eigenvalue weighted by Crippen LogP contribution is 2.36. The van der Waals surface area contributed by atoms with Gasteiger partial charge in [0.2, 0.25) is 0 Å². The van der Waals surface area contributed by atoms with Gasteiger partial charge in [-0.3, -0.25) is 0 Å². The molecule has 4 unspecified atom stereocenters. The summed E-state index contributed by atoms with van der Waals surface area (Å²) in [6.07, 6.45) is -2.70. The summed E-state index contributed by atoms with van der Waals surface area (Å²) in [5.74, 6) is -0.00659. The minimum absolute atomic E-state index is 0.0146. The van der Waals surface area contributed by atoms with Gasteiger partial charge in [-0.25, -0.2) is 9.97 Å². The maximum atomic E-state index is 13.4. The molecule has 4 rings (SSSR count). The van der Waals surface area contributed by atoms with Gasteiger partial charge < -0.3 is 15.5 Å². The number of nitrogens with one attached hydrogen (secondary N) is 1. The van der Waals surface area contributed by atoms with Gasteiger partial charge in [0.15, 0.2) is 5.82 Å². The van der Waals surface area contributed by atoms with Crippen molar-refractivity contribution < 1.29 is 23.4 Å². The minimum Gasteiger partial charge on any atom is -0.396 e. The maximum Gasteiger partial charge on any atom is 0.416 e. The fraction of sp³-hybridized carbons (Fsp3) is 0.360. The summed E-state index contributed by atoms with van der Waals surface area (Å²) in [6.45, 7) is -0.194. The predicted molar refractivity (Wildman–Crippen MR) is 118 cm³/mol. The van der Waals surface area contributed by atoms with Crippen LogP contribution < -0.4 is 5.32 Å². The molecule has 1 saturated carbocycles.